The fourth-order valence-corrected chi connectivity index (χ4v) is 1.32. The molecule has 0 aliphatic rings. The summed E-state index contributed by atoms with van der Waals surface area (Å²) in [6, 6.07) is 0. The van der Waals surface area contributed by atoms with Gasteiger partial charge >= 0.3 is 0 Å². The molecule has 0 spiro atoms. The van der Waals surface area contributed by atoms with Crippen LogP contribution in [-0.4, -0.2) is 37.0 Å². The molecule has 0 bridgehead atoms. The maximum absolute atomic E-state index is 11.5. The maximum atomic E-state index is 11.5. The van der Waals surface area contributed by atoms with Crippen molar-refractivity contribution < 1.29 is 4.79 Å². The summed E-state index contributed by atoms with van der Waals surface area (Å²) in [4.78, 5) is 13.4. The summed E-state index contributed by atoms with van der Waals surface area (Å²) < 4.78 is 0. The molecule has 0 radical (unpaired) electrons. The lowest BCUT2D eigenvalue weighted by atomic mass is 10.2. The van der Waals surface area contributed by atoms with E-state index in [4.69, 9.17) is 0 Å². The highest BCUT2D eigenvalue weighted by Gasteiger charge is 2.07. The molecule has 0 unspecified atom stereocenters. The van der Waals surface area contributed by atoms with Gasteiger partial charge in [-0.1, -0.05) is 13.8 Å². The minimum absolute atomic E-state index is 0.256. The predicted molar refractivity (Wildman–Crippen MR) is 60.3 cm³/mol. The molecule has 0 rings (SSSR count). The summed E-state index contributed by atoms with van der Waals surface area (Å²) in [7, 11) is 0. The normalized spacial score (nSPS) is 10.6. The van der Waals surface area contributed by atoms with Crippen LogP contribution in [-0.2, 0) is 4.79 Å². The first-order valence-corrected chi connectivity index (χ1v) is 5.60. The molecular formula is C11H24N2O. The largest absolute Gasteiger partial charge is 0.343 e. The van der Waals surface area contributed by atoms with Crippen LogP contribution in [0.1, 0.15) is 34.1 Å². The van der Waals surface area contributed by atoms with Crippen molar-refractivity contribution in [2.24, 2.45) is 5.92 Å². The van der Waals surface area contributed by atoms with Gasteiger partial charge in [-0.25, -0.2) is 0 Å². The van der Waals surface area contributed by atoms with Crippen LogP contribution < -0.4 is 5.32 Å². The summed E-state index contributed by atoms with van der Waals surface area (Å²) in [6.45, 7) is 11.8. The zero-order chi connectivity index (χ0) is 11.0. The lowest BCUT2D eigenvalue weighted by Crippen LogP contribution is -2.33. The van der Waals surface area contributed by atoms with Gasteiger partial charge in [-0.2, -0.15) is 0 Å². The van der Waals surface area contributed by atoms with E-state index < -0.39 is 0 Å². The molecule has 0 aromatic heterocycles. The smallest absolute Gasteiger partial charge is 0.223 e. The zero-order valence-corrected chi connectivity index (χ0v) is 9.97. The van der Waals surface area contributed by atoms with Gasteiger partial charge in [0, 0.05) is 26.1 Å². The van der Waals surface area contributed by atoms with Crippen molar-refractivity contribution in [2.45, 2.75) is 34.1 Å². The van der Waals surface area contributed by atoms with Gasteiger partial charge in [-0.05, 0) is 26.3 Å². The first-order valence-electron chi connectivity index (χ1n) is 5.60. The van der Waals surface area contributed by atoms with Gasteiger partial charge in [0.25, 0.3) is 0 Å². The molecular weight excluding hydrogens is 176 g/mol. The van der Waals surface area contributed by atoms with Crippen molar-refractivity contribution in [1.29, 1.82) is 0 Å². The molecule has 1 amide bonds. The minimum atomic E-state index is 0.256. The molecule has 0 aromatic carbocycles. The van der Waals surface area contributed by atoms with Crippen molar-refractivity contribution in [3.63, 3.8) is 0 Å². The molecule has 0 heterocycles. The summed E-state index contributed by atoms with van der Waals surface area (Å²) >= 11 is 0. The molecule has 0 aliphatic heterocycles. The third-order valence-electron chi connectivity index (χ3n) is 2.18. The molecule has 14 heavy (non-hydrogen) atoms. The van der Waals surface area contributed by atoms with Crippen molar-refractivity contribution in [2.75, 3.05) is 26.2 Å². The molecule has 0 fully saturated rings. The zero-order valence-electron chi connectivity index (χ0n) is 9.97. The molecule has 0 aromatic rings. The van der Waals surface area contributed by atoms with Crippen LogP contribution in [0.15, 0.2) is 0 Å². The second-order valence-corrected chi connectivity index (χ2v) is 3.91. The maximum Gasteiger partial charge on any atom is 0.223 e. The predicted octanol–water partition coefficient (Wildman–Crippen LogP) is 1.49. The van der Waals surface area contributed by atoms with Crippen molar-refractivity contribution >= 4 is 5.91 Å². The fraction of sp³-hybridized carbons (Fsp3) is 0.909. The van der Waals surface area contributed by atoms with Gasteiger partial charge in [0.2, 0.25) is 5.91 Å². The Morgan fingerprint density at radius 3 is 2.29 bits per heavy atom. The van der Waals surface area contributed by atoms with Gasteiger partial charge in [-0.15, -0.1) is 0 Å². The summed E-state index contributed by atoms with van der Waals surface area (Å²) in [5.41, 5.74) is 0. The van der Waals surface area contributed by atoms with Crippen LogP contribution in [0.5, 0.6) is 0 Å². The van der Waals surface area contributed by atoms with E-state index in [2.05, 4.69) is 19.2 Å². The summed E-state index contributed by atoms with van der Waals surface area (Å²) in [6.07, 6.45) is 0.619. The van der Waals surface area contributed by atoms with E-state index >= 15 is 0 Å². The Morgan fingerprint density at radius 2 is 1.86 bits per heavy atom. The Morgan fingerprint density at radius 1 is 1.29 bits per heavy atom. The van der Waals surface area contributed by atoms with E-state index in [1.165, 1.54) is 0 Å². The van der Waals surface area contributed by atoms with E-state index in [0.717, 1.165) is 26.2 Å². The Labute approximate surface area is 87.9 Å². The Bertz CT molecular complexity index is 153. The van der Waals surface area contributed by atoms with Crippen LogP contribution in [0.2, 0.25) is 0 Å². The van der Waals surface area contributed by atoms with E-state index in [9.17, 15) is 4.79 Å². The molecule has 3 heteroatoms. The fourth-order valence-electron chi connectivity index (χ4n) is 1.32. The number of amides is 1. The Hall–Kier alpha value is -0.570. The highest BCUT2D eigenvalue weighted by atomic mass is 16.2. The molecule has 0 saturated carbocycles. The lowest BCUT2D eigenvalue weighted by molar-refractivity contribution is -0.130. The van der Waals surface area contributed by atoms with Gasteiger partial charge in [-0.3, -0.25) is 4.79 Å². The molecule has 84 valence electrons. The van der Waals surface area contributed by atoms with Crippen LogP contribution in [0.3, 0.4) is 0 Å². The second-order valence-electron chi connectivity index (χ2n) is 3.91. The Balaban J connectivity index is 3.52. The number of carbonyl (C=O) groups is 1. The van der Waals surface area contributed by atoms with E-state index in [1.54, 1.807) is 0 Å². The van der Waals surface area contributed by atoms with Crippen molar-refractivity contribution in [3.05, 3.63) is 0 Å². The summed E-state index contributed by atoms with van der Waals surface area (Å²) in [5.74, 6) is 0.907. The number of nitrogens with one attached hydrogen (secondary N) is 1. The highest BCUT2D eigenvalue weighted by molar-refractivity contribution is 5.76. The molecule has 0 aliphatic carbocycles. The average molecular weight is 200 g/mol. The second kappa shape index (κ2) is 7.80. The van der Waals surface area contributed by atoms with E-state index in [-0.39, 0.29) is 5.91 Å². The number of hydrogen-bond acceptors (Lipinski definition) is 2. The average Bonchev–Trinajstić information content (AvgIpc) is 2.14. The quantitative estimate of drug-likeness (QED) is 0.632. The molecule has 3 nitrogen and oxygen atoms in total. The standard InChI is InChI=1S/C11H24N2O/c1-5-13(6-2)11(14)7-8-12-9-10(3)4/h10,12H,5-9H2,1-4H3. The van der Waals surface area contributed by atoms with E-state index in [0.29, 0.717) is 12.3 Å². The monoisotopic (exact) mass is 200 g/mol. The van der Waals surface area contributed by atoms with Crippen LogP contribution in [0.25, 0.3) is 0 Å². The van der Waals surface area contributed by atoms with Crippen LogP contribution >= 0.6 is 0 Å². The number of hydrogen-bond donors (Lipinski definition) is 1. The number of nitrogens with zero attached hydrogens (tertiary/aromatic N) is 1. The third-order valence-corrected chi connectivity index (χ3v) is 2.18. The van der Waals surface area contributed by atoms with E-state index in [1.807, 2.05) is 18.7 Å². The highest BCUT2D eigenvalue weighted by Crippen LogP contribution is 1.93. The van der Waals surface area contributed by atoms with Gasteiger partial charge < -0.3 is 10.2 Å². The number of carbonyl (C=O) groups excluding carboxylic acids is 1. The first-order chi connectivity index (χ1) is 6.61. The Kier molecular flexibility index (Phi) is 7.48. The van der Waals surface area contributed by atoms with Gasteiger partial charge in [0.05, 0.1) is 0 Å². The number of rotatable bonds is 7. The topological polar surface area (TPSA) is 32.3 Å². The van der Waals surface area contributed by atoms with Crippen LogP contribution in [0, 0.1) is 5.92 Å². The SMILES string of the molecule is CCN(CC)C(=O)CCNCC(C)C. The van der Waals surface area contributed by atoms with Crippen molar-refractivity contribution in [1.82, 2.24) is 10.2 Å². The lowest BCUT2D eigenvalue weighted by Gasteiger charge is -2.18. The molecule has 1 N–H and O–H groups in total. The summed E-state index contributed by atoms with van der Waals surface area (Å²) in [5, 5.41) is 3.27. The molecule has 0 atom stereocenters. The van der Waals surface area contributed by atoms with Crippen molar-refractivity contribution in [3.8, 4) is 0 Å². The van der Waals surface area contributed by atoms with Crippen LogP contribution in [0.4, 0.5) is 0 Å². The first kappa shape index (κ1) is 13.4. The minimum Gasteiger partial charge on any atom is -0.343 e. The van der Waals surface area contributed by atoms with Gasteiger partial charge in [0.1, 0.15) is 0 Å². The van der Waals surface area contributed by atoms with Gasteiger partial charge in [0.15, 0.2) is 0 Å². The third kappa shape index (κ3) is 5.97. The molecule has 0 saturated heterocycles.